The molecule has 0 saturated carbocycles. The van der Waals surface area contributed by atoms with Crippen LogP contribution in [0.4, 0.5) is 0 Å². The number of esters is 2. The van der Waals surface area contributed by atoms with Crippen LogP contribution in [-0.4, -0.2) is 89.0 Å². The highest BCUT2D eigenvalue weighted by Crippen LogP contribution is 2.22. The van der Waals surface area contributed by atoms with Crippen LogP contribution in [-0.2, 0) is 28.5 Å². The molecule has 0 bridgehead atoms. The molecular weight excluding hydrogens is 520 g/mol. The second kappa shape index (κ2) is 23.3. The molecule has 10 heteroatoms. The average molecular weight is 577 g/mol. The molecule has 6 unspecified atom stereocenters. The van der Waals surface area contributed by atoms with Gasteiger partial charge in [-0.3, -0.25) is 9.59 Å². The van der Waals surface area contributed by atoms with Gasteiger partial charge in [0.1, 0.15) is 31.0 Å². The highest BCUT2D eigenvalue weighted by Gasteiger charge is 2.44. The van der Waals surface area contributed by atoms with Gasteiger partial charge < -0.3 is 39.4 Å². The molecule has 236 valence electrons. The van der Waals surface area contributed by atoms with Gasteiger partial charge in [0, 0.05) is 12.8 Å². The molecule has 1 aliphatic heterocycles. The van der Waals surface area contributed by atoms with Crippen molar-refractivity contribution < 1.29 is 49.0 Å². The zero-order valence-electron chi connectivity index (χ0n) is 24.8. The normalized spacial score (nSPS) is 23.6. The van der Waals surface area contributed by atoms with E-state index >= 15 is 0 Å². The molecule has 1 rings (SSSR count). The number of rotatable bonds is 24. The van der Waals surface area contributed by atoms with E-state index in [1.807, 2.05) is 0 Å². The monoisotopic (exact) mass is 576 g/mol. The maximum Gasteiger partial charge on any atom is 0.306 e. The summed E-state index contributed by atoms with van der Waals surface area (Å²) in [5.41, 5.74) is 0. The first-order valence-corrected chi connectivity index (χ1v) is 15.6. The fraction of sp³-hybridized carbons (Fsp3) is 0.933. The first-order chi connectivity index (χ1) is 19.3. The zero-order chi connectivity index (χ0) is 29.6. The molecule has 1 aliphatic rings. The van der Waals surface area contributed by atoms with E-state index in [9.17, 15) is 30.0 Å². The number of ether oxygens (including phenoxy) is 4. The lowest BCUT2D eigenvalue weighted by Crippen LogP contribution is -2.59. The van der Waals surface area contributed by atoms with Gasteiger partial charge in [0.25, 0.3) is 0 Å². The molecule has 40 heavy (non-hydrogen) atoms. The molecule has 4 N–H and O–H groups in total. The van der Waals surface area contributed by atoms with Gasteiger partial charge in [0.2, 0.25) is 0 Å². The fourth-order valence-corrected chi connectivity index (χ4v) is 4.66. The van der Waals surface area contributed by atoms with Crippen LogP contribution in [0.25, 0.3) is 0 Å². The molecule has 0 spiro atoms. The Balaban J connectivity index is 2.50. The van der Waals surface area contributed by atoms with Gasteiger partial charge in [-0.25, -0.2) is 0 Å². The van der Waals surface area contributed by atoms with E-state index < -0.39 is 49.4 Å². The van der Waals surface area contributed by atoms with Crippen LogP contribution in [0.2, 0.25) is 0 Å². The standard InChI is InChI=1S/C30H56O10/c1-3-5-7-9-11-12-13-15-17-19-26(33)39-23(21-37-25(32)18-16-14-10-8-6-4-2)22-38-30-29(36)28(35)27(34)24(20-31)40-30/h23-24,27-31,34-36H,3-22H2,1-2H3. The van der Waals surface area contributed by atoms with Crippen molar-refractivity contribution in [2.24, 2.45) is 0 Å². The van der Waals surface area contributed by atoms with Crippen LogP contribution in [0.15, 0.2) is 0 Å². The molecule has 1 heterocycles. The van der Waals surface area contributed by atoms with E-state index in [-0.39, 0.29) is 32.0 Å². The van der Waals surface area contributed by atoms with E-state index in [0.29, 0.717) is 6.42 Å². The molecule has 0 aromatic carbocycles. The molecule has 0 aromatic rings. The molecule has 6 atom stereocenters. The van der Waals surface area contributed by atoms with Crippen LogP contribution >= 0.6 is 0 Å². The molecular formula is C30H56O10. The van der Waals surface area contributed by atoms with E-state index in [1.165, 1.54) is 38.5 Å². The second-order valence-corrected chi connectivity index (χ2v) is 10.9. The number of carbonyl (C=O) groups is 2. The van der Waals surface area contributed by atoms with Crippen molar-refractivity contribution in [2.45, 2.75) is 160 Å². The Bertz CT molecular complexity index is 644. The summed E-state index contributed by atoms with van der Waals surface area (Å²) in [6.45, 7) is 3.29. The largest absolute Gasteiger partial charge is 0.462 e. The number of aliphatic hydroxyl groups is 4. The van der Waals surface area contributed by atoms with Crippen molar-refractivity contribution in [3.63, 3.8) is 0 Å². The molecule has 0 aromatic heterocycles. The maximum absolute atomic E-state index is 12.5. The van der Waals surface area contributed by atoms with E-state index in [4.69, 9.17) is 18.9 Å². The van der Waals surface area contributed by atoms with Crippen molar-refractivity contribution in [2.75, 3.05) is 19.8 Å². The highest BCUT2D eigenvalue weighted by molar-refractivity contribution is 5.70. The third-order valence-electron chi connectivity index (χ3n) is 7.24. The summed E-state index contributed by atoms with van der Waals surface area (Å²) in [4.78, 5) is 24.7. The Morgan fingerprint density at radius 3 is 1.70 bits per heavy atom. The third-order valence-corrected chi connectivity index (χ3v) is 7.24. The summed E-state index contributed by atoms with van der Waals surface area (Å²) in [6.07, 6.45) is 8.78. The van der Waals surface area contributed by atoms with Crippen LogP contribution in [0.3, 0.4) is 0 Å². The first kappa shape index (κ1) is 36.7. The Hall–Kier alpha value is -1.30. The van der Waals surface area contributed by atoms with Gasteiger partial charge in [0.05, 0.1) is 13.2 Å². The topological polar surface area (TPSA) is 152 Å². The minimum atomic E-state index is -1.58. The summed E-state index contributed by atoms with van der Waals surface area (Å²) in [5, 5.41) is 39.5. The van der Waals surface area contributed by atoms with Crippen molar-refractivity contribution >= 4 is 11.9 Å². The predicted octanol–water partition coefficient (Wildman–Crippen LogP) is 3.93. The second-order valence-electron chi connectivity index (χ2n) is 10.9. The zero-order valence-corrected chi connectivity index (χ0v) is 24.8. The number of aliphatic hydroxyl groups excluding tert-OH is 4. The van der Waals surface area contributed by atoms with Gasteiger partial charge in [-0.05, 0) is 12.8 Å². The highest BCUT2D eigenvalue weighted by atomic mass is 16.7. The van der Waals surface area contributed by atoms with E-state index in [2.05, 4.69) is 13.8 Å². The average Bonchev–Trinajstić information content (AvgIpc) is 2.95. The molecule has 10 nitrogen and oxygen atoms in total. The smallest absolute Gasteiger partial charge is 0.306 e. The number of carbonyl (C=O) groups excluding carboxylic acids is 2. The van der Waals surface area contributed by atoms with Gasteiger partial charge in [-0.1, -0.05) is 97.3 Å². The van der Waals surface area contributed by atoms with E-state index in [0.717, 1.165) is 51.4 Å². The lowest BCUT2D eigenvalue weighted by molar-refractivity contribution is -0.305. The van der Waals surface area contributed by atoms with Gasteiger partial charge >= 0.3 is 11.9 Å². The molecule has 0 aliphatic carbocycles. The summed E-state index contributed by atoms with van der Waals surface area (Å²) < 4.78 is 21.8. The molecule has 0 radical (unpaired) electrons. The molecule has 1 fully saturated rings. The Morgan fingerprint density at radius 2 is 1.18 bits per heavy atom. The van der Waals surface area contributed by atoms with Crippen LogP contribution in [0.5, 0.6) is 0 Å². The third kappa shape index (κ3) is 16.2. The molecule has 0 amide bonds. The molecule has 1 saturated heterocycles. The lowest BCUT2D eigenvalue weighted by Gasteiger charge is -2.39. The lowest BCUT2D eigenvalue weighted by atomic mass is 9.99. The van der Waals surface area contributed by atoms with Crippen molar-refractivity contribution in [1.82, 2.24) is 0 Å². The summed E-state index contributed by atoms with van der Waals surface area (Å²) in [6, 6.07) is 0. The Labute approximate surface area is 240 Å². The minimum absolute atomic E-state index is 0.213. The summed E-state index contributed by atoms with van der Waals surface area (Å²) in [7, 11) is 0. The van der Waals surface area contributed by atoms with Crippen LogP contribution in [0.1, 0.15) is 123 Å². The summed E-state index contributed by atoms with van der Waals surface area (Å²) >= 11 is 0. The minimum Gasteiger partial charge on any atom is -0.462 e. The van der Waals surface area contributed by atoms with Crippen LogP contribution < -0.4 is 0 Å². The number of hydrogen-bond acceptors (Lipinski definition) is 10. The van der Waals surface area contributed by atoms with Crippen LogP contribution in [0, 0.1) is 0 Å². The number of unbranched alkanes of at least 4 members (excludes halogenated alkanes) is 13. The fourth-order valence-electron chi connectivity index (χ4n) is 4.66. The first-order valence-electron chi connectivity index (χ1n) is 15.6. The summed E-state index contributed by atoms with van der Waals surface area (Å²) in [5.74, 6) is -0.819. The van der Waals surface area contributed by atoms with Crippen molar-refractivity contribution in [1.29, 1.82) is 0 Å². The Kier molecular flexibility index (Phi) is 21.4. The maximum atomic E-state index is 12.5. The van der Waals surface area contributed by atoms with Gasteiger partial charge in [-0.15, -0.1) is 0 Å². The van der Waals surface area contributed by atoms with Crippen molar-refractivity contribution in [3.05, 3.63) is 0 Å². The number of hydrogen-bond donors (Lipinski definition) is 4. The SMILES string of the molecule is CCCCCCCCCCCC(=O)OC(COC(=O)CCCCCCCC)COC1OC(CO)C(O)C(O)C1O. The van der Waals surface area contributed by atoms with Gasteiger partial charge in [0.15, 0.2) is 12.4 Å². The Morgan fingerprint density at radius 1 is 0.675 bits per heavy atom. The van der Waals surface area contributed by atoms with Gasteiger partial charge in [-0.2, -0.15) is 0 Å². The van der Waals surface area contributed by atoms with E-state index in [1.54, 1.807) is 0 Å². The van der Waals surface area contributed by atoms with Crippen molar-refractivity contribution in [3.8, 4) is 0 Å². The quantitative estimate of drug-likeness (QED) is 0.0982. The predicted molar refractivity (Wildman–Crippen MR) is 150 cm³/mol.